The van der Waals surface area contributed by atoms with Gasteiger partial charge in [-0.1, -0.05) is 29.8 Å². The molecule has 6 nitrogen and oxygen atoms in total. The Hall–Kier alpha value is -2.89. The molecule has 2 N–H and O–H groups in total. The molecule has 108 valence electrons. The van der Waals surface area contributed by atoms with Crippen LogP contribution in [-0.4, -0.2) is 24.6 Å². The first-order valence-corrected chi connectivity index (χ1v) is 6.35. The molecule has 1 heterocycles. The highest BCUT2D eigenvalue weighted by molar-refractivity contribution is 5.94. The van der Waals surface area contributed by atoms with Gasteiger partial charge in [0, 0.05) is 0 Å². The molecule has 0 unspecified atom stereocenters. The van der Waals surface area contributed by atoms with Crippen LogP contribution in [0.5, 0.6) is 0 Å². The number of nitrogens with zero attached hydrogens (tertiary/aromatic N) is 1. The van der Waals surface area contributed by atoms with E-state index in [1.165, 1.54) is 18.5 Å². The minimum atomic E-state index is -0.447. The average molecular weight is 285 g/mol. The minimum Gasteiger partial charge on any atom is -0.459 e. The summed E-state index contributed by atoms with van der Waals surface area (Å²) in [7, 11) is 0. The summed E-state index contributed by atoms with van der Waals surface area (Å²) in [4.78, 5) is 23.0. The molecule has 0 aliphatic carbocycles. The van der Waals surface area contributed by atoms with Crippen LogP contribution in [0, 0.1) is 6.92 Å². The quantitative estimate of drug-likeness (QED) is 0.644. The van der Waals surface area contributed by atoms with Gasteiger partial charge in [0.1, 0.15) is 0 Å². The third kappa shape index (κ3) is 4.61. The molecule has 0 fully saturated rings. The Morgan fingerprint density at radius 3 is 2.67 bits per heavy atom. The van der Waals surface area contributed by atoms with E-state index in [1.807, 2.05) is 31.2 Å². The molecular weight excluding hydrogens is 270 g/mol. The highest BCUT2D eigenvalue weighted by Crippen LogP contribution is 2.00. The largest absolute Gasteiger partial charge is 0.459 e. The maximum Gasteiger partial charge on any atom is 0.287 e. The number of hydrogen-bond acceptors (Lipinski definition) is 4. The fourth-order valence-corrected chi connectivity index (χ4v) is 1.53. The average Bonchev–Trinajstić information content (AvgIpc) is 3.01. The number of furan rings is 1. The molecule has 0 saturated carbocycles. The Labute approximate surface area is 121 Å². The third-order valence-corrected chi connectivity index (χ3v) is 2.63. The lowest BCUT2D eigenvalue weighted by Gasteiger charge is -2.01. The van der Waals surface area contributed by atoms with Gasteiger partial charge in [0.2, 0.25) is 0 Å². The summed E-state index contributed by atoms with van der Waals surface area (Å²) in [6.45, 7) is 1.81. The van der Waals surface area contributed by atoms with E-state index in [0.29, 0.717) is 0 Å². The van der Waals surface area contributed by atoms with Crippen LogP contribution in [-0.2, 0) is 4.79 Å². The molecule has 1 aromatic carbocycles. The van der Waals surface area contributed by atoms with Crippen LogP contribution < -0.4 is 10.7 Å². The van der Waals surface area contributed by atoms with E-state index < -0.39 is 11.8 Å². The third-order valence-electron chi connectivity index (χ3n) is 2.63. The molecule has 0 atom stereocenters. The van der Waals surface area contributed by atoms with Crippen molar-refractivity contribution in [3.05, 3.63) is 59.5 Å². The van der Waals surface area contributed by atoms with Crippen LogP contribution in [0.25, 0.3) is 0 Å². The van der Waals surface area contributed by atoms with E-state index >= 15 is 0 Å². The molecule has 2 amide bonds. The Morgan fingerprint density at radius 2 is 2.00 bits per heavy atom. The van der Waals surface area contributed by atoms with Crippen molar-refractivity contribution >= 4 is 18.0 Å². The van der Waals surface area contributed by atoms with E-state index in [-0.39, 0.29) is 12.3 Å². The maximum atomic E-state index is 11.5. The Morgan fingerprint density at radius 1 is 1.24 bits per heavy atom. The zero-order valence-corrected chi connectivity index (χ0v) is 11.5. The SMILES string of the molecule is Cc1ccc(C=NNC(=O)CNC(=O)c2ccco2)cc1. The fourth-order valence-electron chi connectivity index (χ4n) is 1.53. The van der Waals surface area contributed by atoms with Gasteiger partial charge in [-0.05, 0) is 24.6 Å². The van der Waals surface area contributed by atoms with Gasteiger partial charge in [-0.2, -0.15) is 5.10 Å². The predicted molar refractivity (Wildman–Crippen MR) is 78.0 cm³/mol. The molecule has 1 aromatic heterocycles. The topological polar surface area (TPSA) is 83.7 Å². The van der Waals surface area contributed by atoms with Crippen LogP contribution in [0.2, 0.25) is 0 Å². The van der Waals surface area contributed by atoms with E-state index in [2.05, 4.69) is 15.8 Å². The number of amides is 2. The molecule has 0 spiro atoms. The van der Waals surface area contributed by atoms with Crippen molar-refractivity contribution in [1.82, 2.24) is 10.7 Å². The summed E-state index contributed by atoms with van der Waals surface area (Å²) < 4.78 is 4.90. The number of carbonyl (C=O) groups excluding carboxylic acids is 2. The lowest BCUT2D eigenvalue weighted by molar-refractivity contribution is -0.120. The summed E-state index contributed by atoms with van der Waals surface area (Å²) in [6.07, 6.45) is 2.92. The maximum absolute atomic E-state index is 11.5. The smallest absolute Gasteiger partial charge is 0.287 e. The van der Waals surface area contributed by atoms with Crippen LogP contribution in [0.1, 0.15) is 21.7 Å². The number of benzene rings is 1. The minimum absolute atomic E-state index is 0.158. The normalized spacial score (nSPS) is 10.5. The van der Waals surface area contributed by atoms with E-state index in [4.69, 9.17) is 4.42 Å². The Bertz CT molecular complexity index is 631. The van der Waals surface area contributed by atoms with Gasteiger partial charge in [-0.15, -0.1) is 0 Å². The number of carbonyl (C=O) groups is 2. The van der Waals surface area contributed by atoms with Crippen molar-refractivity contribution in [2.75, 3.05) is 6.54 Å². The second-order valence-corrected chi connectivity index (χ2v) is 4.36. The van der Waals surface area contributed by atoms with Gasteiger partial charge >= 0.3 is 0 Å². The van der Waals surface area contributed by atoms with Gasteiger partial charge < -0.3 is 9.73 Å². The van der Waals surface area contributed by atoms with Crippen LogP contribution in [0.3, 0.4) is 0 Å². The van der Waals surface area contributed by atoms with Crippen molar-refractivity contribution < 1.29 is 14.0 Å². The highest BCUT2D eigenvalue weighted by atomic mass is 16.3. The van der Waals surface area contributed by atoms with E-state index in [1.54, 1.807) is 6.07 Å². The van der Waals surface area contributed by atoms with Crippen LogP contribution in [0.15, 0.2) is 52.2 Å². The van der Waals surface area contributed by atoms with Gasteiger partial charge in [-0.3, -0.25) is 9.59 Å². The highest BCUT2D eigenvalue weighted by Gasteiger charge is 2.09. The second-order valence-electron chi connectivity index (χ2n) is 4.36. The predicted octanol–water partition coefficient (Wildman–Crippen LogP) is 1.47. The number of aryl methyl sites for hydroxylation is 1. The number of hydrazone groups is 1. The molecule has 21 heavy (non-hydrogen) atoms. The molecule has 2 rings (SSSR count). The molecule has 2 aromatic rings. The van der Waals surface area contributed by atoms with Crippen molar-refractivity contribution in [3.8, 4) is 0 Å². The molecular formula is C15H15N3O3. The first-order chi connectivity index (χ1) is 10.1. The fraction of sp³-hybridized carbons (Fsp3) is 0.133. The number of nitrogens with one attached hydrogen (secondary N) is 2. The summed E-state index contributed by atoms with van der Waals surface area (Å²) in [6, 6.07) is 10.8. The van der Waals surface area contributed by atoms with Crippen LogP contribution >= 0.6 is 0 Å². The molecule has 0 aliphatic rings. The van der Waals surface area contributed by atoms with Gasteiger partial charge in [0.25, 0.3) is 11.8 Å². The molecule has 6 heteroatoms. The lowest BCUT2D eigenvalue weighted by atomic mass is 10.2. The standard InChI is InChI=1S/C15H15N3O3/c1-11-4-6-12(7-5-11)9-17-18-14(19)10-16-15(20)13-3-2-8-21-13/h2-9H,10H2,1H3,(H,16,20)(H,18,19). The first kappa shape index (κ1) is 14.5. The summed E-state index contributed by atoms with van der Waals surface area (Å²) >= 11 is 0. The van der Waals surface area contributed by atoms with Crippen molar-refractivity contribution in [3.63, 3.8) is 0 Å². The van der Waals surface area contributed by atoms with Gasteiger partial charge in [0.05, 0.1) is 19.0 Å². The van der Waals surface area contributed by atoms with Crippen LogP contribution in [0.4, 0.5) is 0 Å². The Balaban J connectivity index is 1.74. The molecule has 0 radical (unpaired) electrons. The second kappa shape index (κ2) is 7.04. The number of hydrogen-bond donors (Lipinski definition) is 2. The summed E-state index contributed by atoms with van der Waals surface area (Å²) in [5, 5.41) is 6.23. The number of rotatable bonds is 5. The molecule has 0 saturated heterocycles. The summed E-state index contributed by atoms with van der Waals surface area (Å²) in [5.74, 6) is -0.707. The van der Waals surface area contributed by atoms with E-state index in [9.17, 15) is 9.59 Å². The van der Waals surface area contributed by atoms with Crippen molar-refractivity contribution in [2.24, 2.45) is 5.10 Å². The Kier molecular flexibility index (Phi) is 4.87. The monoisotopic (exact) mass is 285 g/mol. The summed E-state index contributed by atoms with van der Waals surface area (Å²) in [5.41, 5.74) is 4.36. The first-order valence-electron chi connectivity index (χ1n) is 6.35. The zero-order chi connectivity index (χ0) is 15.1. The van der Waals surface area contributed by atoms with Crippen molar-refractivity contribution in [2.45, 2.75) is 6.92 Å². The van der Waals surface area contributed by atoms with Crippen molar-refractivity contribution in [1.29, 1.82) is 0 Å². The molecule has 0 bridgehead atoms. The van der Waals surface area contributed by atoms with E-state index in [0.717, 1.165) is 11.1 Å². The molecule has 0 aliphatic heterocycles. The lowest BCUT2D eigenvalue weighted by Crippen LogP contribution is -2.34. The zero-order valence-electron chi connectivity index (χ0n) is 11.5. The van der Waals surface area contributed by atoms with Gasteiger partial charge in [-0.25, -0.2) is 5.43 Å². The van der Waals surface area contributed by atoms with Gasteiger partial charge in [0.15, 0.2) is 5.76 Å².